The molecule has 0 aliphatic carbocycles. The maximum absolute atomic E-state index is 11.8. The smallest absolute Gasteiger partial charge is 0.358 e. The number of imide groups is 1. The Hall–Kier alpha value is -1.51. The molecule has 2 N–H and O–H groups in total. The van der Waals surface area contributed by atoms with E-state index < -0.39 is 21.7 Å². The van der Waals surface area contributed by atoms with Crippen molar-refractivity contribution in [2.75, 3.05) is 12.5 Å². The zero-order valence-electron chi connectivity index (χ0n) is 11.8. The number of esters is 1. The van der Waals surface area contributed by atoms with E-state index in [2.05, 4.69) is 15.1 Å². The largest absolute Gasteiger partial charge is 0.464 e. The second kappa shape index (κ2) is 7.17. The van der Waals surface area contributed by atoms with Crippen molar-refractivity contribution in [2.24, 2.45) is 0 Å². The Balaban J connectivity index is 3.01. The first kappa shape index (κ1) is 18.5. The number of halogens is 3. The molecule has 0 atom stereocenters. The van der Waals surface area contributed by atoms with Crippen molar-refractivity contribution in [1.29, 1.82) is 0 Å². The Morgan fingerprint density at radius 2 is 1.91 bits per heavy atom. The average Bonchev–Trinajstić information content (AvgIpc) is 2.80. The summed E-state index contributed by atoms with van der Waals surface area (Å²) >= 11 is 16.0. The van der Waals surface area contributed by atoms with Gasteiger partial charge in [0.15, 0.2) is 5.69 Å². The Morgan fingerprint density at radius 1 is 1.32 bits per heavy atom. The van der Waals surface area contributed by atoms with Gasteiger partial charge in [-0.15, -0.1) is 0 Å². The number of rotatable bonds is 3. The number of carbonyl (C=O) groups is 3. The zero-order chi connectivity index (χ0) is 17.1. The van der Waals surface area contributed by atoms with Gasteiger partial charge in [-0.1, -0.05) is 48.7 Å². The monoisotopic (exact) mass is 370 g/mol. The van der Waals surface area contributed by atoms with Crippen LogP contribution in [-0.4, -0.2) is 38.5 Å². The van der Waals surface area contributed by atoms with Crippen LogP contribution in [0.1, 0.15) is 36.1 Å². The van der Waals surface area contributed by atoms with E-state index in [1.54, 1.807) is 13.8 Å². The van der Waals surface area contributed by atoms with Gasteiger partial charge in [-0.2, -0.15) is 0 Å². The Morgan fingerprint density at radius 3 is 2.36 bits per heavy atom. The molecule has 1 aromatic heterocycles. The van der Waals surface area contributed by atoms with Crippen molar-refractivity contribution >= 4 is 52.7 Å². The summed E-state index contributed by atoms with van der Waals surface area (Å²) in [4.78, 5) is 38.9. The minimum Gasteiger partial charge on any atom is -0.464 e. The van der Waals surface area contributed by atoms with E-state index in [9.17, 15) is 14.4 Å². The highest BCUT2D eigenvalue weighted by Gasteiger charge is 2.32. The first-order valence-electron chi connectivity index (χ1n) is 5.93. The van der Waals surface area contributed by atoms with Gasteiger partial charge in [-0.05, 0) is 0 Å². The maximum atomic E-state index is 11.8. The van der Waals surface area contributed by atoms with Crippen LogP contribution in [0.5, 0.6) is 0 Å². The molecule has 1 rings (SSSR count). The molecule has 0 aliphatic heterocycles. The van der Waals surface area contributed by atoms with Crippen LogP contribution in [0.4, 0.5) is 4.79 Å². The fraction of sp³-hybridized carbons (Fsp3) is 0.455. The fourth-order valence-electron chi connectivity index (χ4n) is 1.44. The standard InChI is InChI=1S/C11H13Cl3N4O4/c1-5(2)7-15-4-6(8(19)22-3)18(7)17-10(21)16-9(20)11(12,13)14/h4-5H,1-3H3,(H2,16,17,20,21). The molecular weight excluding hydrogens is 359 g/mol. The third-order valence-corrected chi connectivity index (χ3v) is 2.91. The van der Waals surface area contributed by atoms with Crippen molar-refractivity contribution in [2.45, 2.75) is 23.6 Å². The van der Waals surface area contributed by atoms with E-state index in [-0.39, 0.29) is 11.6 Å². The third kappa shape index (κ3) is 4.49. The molecule has 0 fully saturated rings. The Bertz CT molecular complexity index is 595. The number of ether oxygens (including phenoxy) is 1. The summed E-state index contributed by atoms with van der Waals surface area (Å²) in [5.74, 6) is -1.60. The van der Waals surface area contributed by atoms with E-state index in [0.29, 0.717) is 5.82 Å². The molecule has 11 heteroatoms. The highest BCUT2D eigenvalue weighted by Crippen LogP contribution is 2.25. The molecule has 0 saturated heterocycles. The van der Waals surface area contributed by atoms with E-state index in [1.165, 1.54) is 13.3 Å². The summed E-state index contributed by atoms with van der Waals surface area (Å²) in [6, 6.07) is -0.999. The minimum atomic E-state index is -2.29. The third-order valence-electron chi connectivity index (χ3n) is 2.40. The topological polar surface area (TPSA) is 102 Å². The molecule has 0 aliphatic rings. The Labute approximate surface area is 141 Å². The molecule has 22 heavy (non-hydrogen) atoms. The fourth-order valence-corrected chi connectivity index (χ4v) is 1.58. The van der Waals surface area contributed by atoms with E-state index >= 15 is 0 Å². The lowest BCUT2D eigenvalue weighted by Gasteiger charge is -2.15. The highest BCUT2D eigenvalue weighted by molar-refractivity contribution is 6.76. The summed E-state index contributed by atoms with van der Waals surface area (Å²) < 4.78 is 3.39. The van der Waals surface area contributed by atoms with Crippen LogP contribution in [0.2, 0.25) is 0 Å². The van der Waals surface area contributed by atoms with Crippen LogP contribution in [0.15, 0.2) is 6.20 Å². The molecule has 0 aromatic carbocycles. The quantitative estimate of drug-likeness (QED) is 0.624. The van der Waals surface area contributed by atoms with Gasteiger partial charge in [0.25, 0.3) is 9.70 Å². The van der Waals surface area contributed by atoms with Crippen molar-refractivity contribution in [3.8, 4) is 0 Å². The van der Waals surface area contributed by atoms with Crippen LogP contribution in [0.25, 0.3) is 0 Å². The number of hydrogen-bond donors (Lipinski definition) is 2. The van der Waals surface area contributed by atoms with Gasteiger partial charge in [-0.3, -0.25) is 10.1 Å². The number of amides is 3. The van der Waals surface area contributed by atoms with Crippen LogP contribution in [0, 0.1) is 0 Å². The number of imidazole rings is 1. The predicted octanol–water partition coefficient (Wildman–Crippen LogP) is 1.94. The van der Waals surface area contributed by atoms with Crippen LogP contribution in [-0.2, 0) is 9.53 Å². The number of methoxy groups -OCH3 is 1. The summed E-state index contributed by atoms with van der Waals surface area (Å²) in [6.07, 6.45) is 1.23. The molecule has 0 saturated carbocycles. The normalized spacial score (nSPS) is 11.2. The molecular formula is C11H13Cl3N4O4. The second-order valence-electron chi connectivity index (χ2n) is 4.38. The van der Waals surface area contributed by atoms with Gasteiger partial charge in [0.2, 0.25) is 0 Å². The first-order chi connectivity index (χ1) is 10.1. The lowest BCUT2D eigenvalue weighted by Crippen LogP contribution is -2.44. The second-order valence-corrected chi connectivity index (χ2v) is 6.66. The van der Waals surface area contributed by atoms with Gasteiger partial charge < -0.3 is 4.74 Å². The molecule has 0 spiro atoms. The number of hydrogen-bond acceptors (Lipinski definition) is 5. The number of nitrogens with zero attached hydrogens (tertiary/aromatic N) is 2. The van der Waals surface area contributed by atoms with Crippen LogP contribution < -0.4 is 10.7 Å². The Kier molecular flexibility index (Phi) is 6.04. The van der Waals surface area contributed by atoms with Crippen LogP contribution >= 0.6 is 34.8 Å². The van der Waals surface area contributed by atoms with E-state index in [4.69, 9.17) is 34.8 Å². The number of urea groups is 1. The molecule has 0 radical (unpaired) electrons. The van der Waals surface area contributed by atoms with Crippen molar-refractivity contribution in [1.82, 2.24) is 15.0 Å². The molecule has 122 valence electrons. The SMILES string of the molecule is COC(=O)c1cnc(C(C)C)n1NC(=O)NC(=O)C(Cl)(Cl)Cl. The summed E-state index contributed by atoms with van der Waals surface area (Å²) in [5, 5.41) is 1.82. The van der Waals surface area contributed by atoms with Gasteiger partial charge in [-0.25, -0.2) is 24.7 Å². The van der Waals surface area contributed by atoms with E-state index in [0.717, 1.165) is 4.68 Å². The molecule has 1 aromatic rings. The van der Waals surface area contributed by atoms with Gasteiger partial charge >= 0.3 is 12.0 Å². The zero-order valence-corrected chi connectivity index (χ0v) is 14.1. The van der Waals surface area contributed by atoms with Crippen molar-refractivity contribution < 1.29 is 19.1 Å². The maximum Gasteiger partial charge on any atom is 0.358 e. The summed E-state index contributed by atoms with van der Waals surface area (Å²) in [5.41, 5.74) is 2.24. The number of alkyl halides is 3. The first-order valence-corrected chi connectivity index (χ1v) is 7.06. The molecule has 8 nitrogen and oxygen atoms in total. The average molecular weight is 372 g/mol. The lowest BCUT2D eigenvalue weighted by molar-refractivity contribution is -0.119. The van der Waals surface area contributed by atoms with Gasteiger partial charge in [0.05, 0.1) is 13.3 Å². The number of aromatic nitrogens is 2. The van der Waals surface area contributed by atoms with Crippen LogP contribution in [0.3, 0.4) is 0 Å². The molecule has 0 unspecified atom stereocenters. The summed E-state index contributed by atoms with van der Waals surface area (Å²) in [7, 11) is 1.18. The highest BCUT2D eigenvalue weighted by atomic mass is 35.6. The predicted molar refractivity (Wildman–Crippen MR) is 80.8 cm³/mol. The van der Waals surface area contributed by atoms with Gasteiger partial charge in [0.1, 0.15) is 5.82 Å². The molecule has 1 heterocycles. The van der Waals surface area contributed by atoms with Gasteiger partial charge in [0, 0.05) is 5.92 Å². The minimum absolute atomic E-state index is 0.0253. The van der Waals surface area contributed by atoms with Crippen molar-refractivity contribution in [3.05, 3.63) is 17.7 Å². The summed E-state index contributed by atoms with van der Waals surface area (Å²) in [6.45, 7) is 3.60. The van der Waals surface area contributed by atoms with Crippen molar-refractivity contribution in [3.63, 3.8) is 0 Å². The number of carbonyl (C=O) groups excluding carboxylic acids is 3. The molecule has 0 bridgehead atoms. The van der Waals surface area contributed by atoms with E-state index in [1.807, 2.05) is 5.32 Å². The number of nitrogens with one attached hydrogen (secondary N) is 2. The molecule has 3 amide bonds. The lowest BCUT2D eigenvalue weighted by atomic mass is 10.2.